The minimum Gasteiger partial charge on any atom is -0.301 e. The molecule has 3 atom stereocenters. The van der Waals surface area contributed by atoms with Gasteiger partial charge in [0.05, 0.1) is 0 Å². The summed E-state index contributed by atoms with van der Waals surface area (Å²) in [5.74, 6) is 2.44. The molecule has 1 heterocycles. The molecular formula is C13H19N3OS. The van der Waals surface area contributed by atoms with Gasteiger partial charge in [0.2, 0.25) is 11.0 Å². The summed E-state index contributed by atoms with van der Waals surface area (Å²) < 4.78 is 0. The number of carbonyl (C=O) groups is 1. The Hall–Kier alpha value is -0.970. The standard InChI is InChI=1S/C13H19N3OS/c1-2-12-15-16-13(18-12)14-11(17)7-10-6-8-3-4-9(10)5-8/h8-10H,2-7H2,1H3,(H,14,16,17)/t8-,9-,10+/m0/s1. The van der Waals surface area contributed by atoms with Crippen LogP contribution in [0.15, 0.2) is 0 Å². The van der Waals surface area contributed by atoms with Crippen molar-refractivity contribution in [2.75, 3.05) is 5.32 Å². The molecular weight excluding hydrogens is 246 g/mol. The maximum atomic E-state index is 12.0. The fourth-order valence-corrected chi connectivity index (χ4v) is 4.18. The highest BCUT2D eigenvalue weighted by atomic mass is 32.1. The average Bonchev–Trinajstić information content (AvgIpc) is 3.04. The van der Waals surface area contributed by atoms with Gasteiger partial charge in [-0.1, -0.05) is 24.7 Å². The molecule has 0 radical (unpaired) electrons. The first-order valence-corrected chi connectivity index (χ1v) is 7.68. The molecule has 2 saturated carbocycles. The SMILES string of the molecule is CCc1nnc(NC(=O)C[C@H]2C[C@H]3CC[C@H]2C3)s1. The second-order valence-corrected chi connectivity index (χ2v) is 6.60. The lowest BCUT2D eigenvalue weighted by molar-refractivity contribution is -0.117. The molecule has 1 aromatic heterocycles. The van der Waals surface area contributed by atoms with E-state index in [4.69, 9.17) is 0 Å². The maximum absolute atomic E-state index is 12.0. The van der Waals surface area contributed by atoms with Gasteiger partial charge in [-0.25, -0.2) is 0 Å². The van der Waals surface area contributed by atoms with E-state index in [1.54, 1.807) is 0 Å². The van der Waals surface area contributed by atoms with Crippen molar-refractivity contribution < 1.29 is 4.79 Å². The van der Waals surface area contributed by atoms with Crippen molar-refractivity contribution in [1.82, 2.24) is 10.2 Å². The first kappa shape index (κ1) is 12.1. The molecule has 0 unspecified atom stereocenters. The number of nitrogens with zero attached hydrogens (tertiary/aromatic N) is 2. The van der Waals surface area contributed by atoms with Gasteiger partial charge >= 0.3 is 0 Å². The van der Waals surface area contributed by atoms with Crippen LogP contribution in [0.4, 0.5) is 5.13 Å². The summed E-state index contributed by atoms with van der Waals surface area (Å²) >= 11 is 1.48. The molecule has 2 aliphatic rings. The number of fused-ring (bicyclic) bond motifs is 2. The van der Waals surface area contributed by atoms with E-state index in [2.05, 4.69) is 15.5 Å². The van der Waals surface area contributed by atoms with Gasteiger partial charge in [-0.05, 0) is 43.4 Å². The molecule has 5 heteroatoms. The number of rotatable bonds is 4. The second kappa shape index (κ2) is 4.96. The van der Waals surface area contributed by atoms with Crippen LogP contribution in [0.25, 0.3) is 0 Å². The van der Waals surface area contributed by atoms with Crippen molar-refractivity contribution in [3.63, 3.8) is 0 Å². The zero-order chi connectivity index (χ0) is 12.5. The van der Waals surface area contributed by atoms with Gasteiger partial charge in [0.15, 0.2) is 0 Å². The summed E-state index contributed by atoms with van der Waals surface area (Å²) in [6, 6.07) is 0. The molecule has 2 aliphatic carbocycles. The van der Waals surface area contributed by atoms with Gasteiger partial charge < -0.3 is 5.32 Å². The highest BCUT2D eigenvalue weighted by molar-refractivity contribution is 7.15. The largest absolute Gasteiger partial charge is 0.301 e. The number of carbonyl (C=O) groups excluding carboxylic acids is 1. The fourth-order valence-electron chi connectivity index (χ4n) is 3.48. The van der Waals surface area contributed by atoms with Crippen LogP contribution in [-0.2, 0) is 11.2 Å². The third kappa shape index (κ3) is 2.41. The molecule has 1 amide bonds. The predicted octanol–water partition coefficient (Wildman–Crippen LogP) is 2.87. The number of aromatic nitrogens is 2. The Kier molecular flexibility index (Phi) is 3.33. The Morgan fingerprint density at radius 1 is 1.39 bits per heavy atom. The number of amides is 1. The number of hydrogen-bond donors (Lipinski definition) is 1. The van der Waals surface area contributed by atoms with Crippen molar-refractivity contribution in [1.29, 1.82) is 0 Å². The van der Waals surface area contributed by atoms with E-state index in [-0.39, 0.29) is 5.91 Å². The van der Waals surface area contributed by atoms with Crippen molar-refractivity contribution in [3.05, 3.63) is 5.01 Å². The van der Waals surface area contributed by atoms with Crippen molar-refractivity contribution in [2.24, 2.45) is 17.8 Å². The van der Waals surface area contributed by atoms with Crippen molar-refractivity contribution in [2.45, 2.75) is 45.4 Å². The maximum Gasteiger partial charge on any atom is 0.226 e. The highest BCUT2D eigenvalue weighted by Crippen LogP contribution is 2.49. The molecule has 98 valence electrons. The molecule has 18 heavy (non-hydrogen) atoms. The third-order valence-corrected chi connectivity index (χ3v) is 5.33. The zero-order valence-electron chi connectivity index (χ0n) is 10.7. The first-order valence-electron chi connectivity index (χ1n) is 6.86. The lowest BCUT2D eigenvalue weighted by Crippen LogP contribution is -2.20. The van der Waals surface area contributed by atoms with E-state index in [1.807, 2.05) is 6.92 Å². The van der Waals surface area contributed by atoms with Crippen LogP contribution in [0.2, 0.25) is 0 Å². The lowest BCUT2D eigenvalue weighted by atomic mass is 9.86. The lowest BCUT2D eigenvalue weighted by Gasteiger charge is -2.20. The van der Waals surface area contributed by atoms with Crippen LogP contribution in [0.5, 0.6) is 0 Å². The summed E-state index contributed by atoms with van der Waals surface area (Å²) in [6.45, 7) is 2.04. The Labute approximate surface area is 111 Å². The molecule has 1 aromatic rings. The monoisotopic (exact) mass is 265 g/mol. The van der Waals surface area contributed by atoms with E-state index in [0.717, 1.165) is 23.3 Å². The van der Waals surface area contributed by atoms with Crippen LogP contribution in [0.3, 0.4) is 0 Å². The topological polar surface area (TPSA) is 54.9 Å². The summed E-state index contributed by atoms with van der Waals surface area (Å²) in [7, 11) is 0. The third-order valence-electron chi connectivity index (χ3n) is 4.35. The van der Waals surface area contributed by atoms with E-state index < -0.39 is 0 Å². The highest BCUT2D eigenvalue weighted by Gasteiger charge is 2.40. The Balaban J connectivity index is 1.52. The Bertz CT molecular complexity index is 445. The van der Waals surface area contributed by atoms with Crippen molar-refractivity contribution >= 4 is 22.4 Å². The van der Waals surface area contributed by atoms with Gasteiger partial charge in [0, 0.05) is 6.42 Å². The summed E-state index contributed by atoms with van der Waals surface area (Å²) in [4.78, 5) is 12.0. The minimum absolute atomic E-state index is 0.117. The molecule has 0 spiro atoms. The average molecular weight is 265 g/mol. The van der Waals surface area contributed by atoms with Crippen LogP contribution in [0, 0.1) is 17.8 Å². The molecule has 0 aliphatic heterocycles. The number of aryl methyl sites for hydroxylation is 1. The van der Waals surface area contributed by atoms with E-state index >= 15 is 0 Å². The zero-order valence-corrected chi connectivity index (χ0v) is 11.5. The van der Waals surface area contributed by atoms with Gasteiger partial charge in [0.25, 0.3) is 0 Å². The number of nitrogens with one attached hydrogen (secondary N) is 1. The Morgan fingerprint density at radius 3 is 2.89 bits per heavy atom. The van der Waals surface area contributed by atoms with Crippen molar-refractivity contribution in [3.8, 4) is 0 Å². The summed E-state index contributed by atoms with van der Waals surface area (Å²) in [5.41, 5.74) is 0. The first-order chi connectivity index (χ1) is 8.74. The predicted molar refractivity (Wildman–Crippen MR) is 71.5 cm³/mol. The quantitative estimate of drug-likeness (QED) is 0.910. The smallest absolute Gasteiger partial charge is 0.226 e. The minimum atomic E-state index is 0.117. The van der Waals surface area contributed by atoms with Crippen LogP contribution in [-0.4, -0.2) is 16.1 Å². The molecule has 4 nitrogen and oxygen atoms in total. The summed E-state index contributed by atoms with van der Waals surface area (Å²) in [6.07, 6.45) is 6.88. The second-order valence-electron chi connectivity index (χ2n) is 5.54. The summed E-state index contributed by atoms with van der Waals surface area (Å²) in [5, 5.41) is 12.5. The van der Waals surface area contributed by atoms with E-state index in [0.29, 0.717) is 17.5 Å². The molecule has 0 aromatic carbocycles. The fraction of sp³-hybridized carbons (Fsp3) is 0.769. The normalized spacial score (nSPS) is 29.7. The van der Waals surface area contributed by atoms with Gasteiger partial charge in [-0.15, -0.1) is 10.2 Å². The number of hydrogen-bond acceptors (Lipinski definition) is 4. The van der Waals surface area contributed by atoms with Gasteiger partial charge in [0.1, 0.15) is 5.01 Å². The van der Waals surface area contributed by atoms with E-state index in [1.165, 1.54) is 37.0 Å². The molecule has 3 rings (SSSR count). The van der Waals surface area contributed by atoms with Crippen LogP contribution >= 0.6 is 11.3 Å². The van der Waals surface area contributed by atoms with Crippen LogP contribution in [0.1, 0.15) is 44.0 Å². The Morgan fingerprint density at radius 2 is 2.28 bits per heavy atom. The number of anilines is 1. The molecule has 0 saturated heterocycles. The molecule has 1 N–H and O–H groups in total. The van der Waals surface area contributed by atoms with Crippen LogP contribution < -0.4 is 5.32 Å². The molecule has 2 bridgehead atoms. The van der Waals surface area contributed by atoms with Gasteiger partial charge in [-0.2, -0.15) is 0 Å². The van der Waals surface area contributed by atoms with Gasteiger partial charge in [-0.3, -0.25) is 4.79 Å². The van der Waals surface area contributed by atoms with E-state index in [9.17, 15) is 4.79 Å². The molecule has 2 fully saturated rings.